The van der Waals surface area contributed by atoms with E-state index in [2.05, 4.69) is 43.0 Å². The van der Waals surface area contributed by atoms with Gasteiger partial charge < -0.3 is 9.80 Å². The second-order valence-corrected chi connectivity index (χ2v) is 14.6. The standard InChI is InChI=1S/C42H84N2/c1-4-7-10-13-16-19-22-25-28-31-34-37-42-43(38-35-32-29-26-23-20-17-14-11-8-5-2)40-41-44(42)39-36-33-30-27-24-21-18-15-12-9-6-3/h40-42H,4-39H2,1-3H3. The average Bonchev–Trinajstić information content (AvgIpc) is 3.42. The van der Waals surface area contributed by atoms with Gasteiger partial charge in [-0.25, -0.2) is 0 Å². The lowest BCUT2D eigenvalue weighted by molar-refractivity contribution is 0.135. The normalized spacial score (nSPS) is 13.6. The van der Waals surface area contributed by atoms with Gasteiger partial charge in [-0.1, -0.05) is 213 Å². The van der Waals surface area contributed by atoms with Crippen molar-refractivity contribution in [1.29, 1.82) is 0 Å². The van der Waals surface area contributed by atoms with Crippen LogP contribution >= 0.6 is 0 Å². The second kappa shape index (κ2) is 33.7. The van der Waals surface area contributed by atoms with Crippen molar-refractivity contribution in [2.75, 3.05) is 13.1 Å². The maximum atomic E-state index is 2.72. The lowest BCUT2D eigenvalue weighted by atomic mass is 10.0. The first-order chi connectivity index (χ1) is 21.8. The molecule has 44 heavy (non-hydrogen) atoms. The molecule has 2 nitrogen and oxygen atoms in total. The third kappa shape index (κ3) is 25.5. The molecule has 1 aliphatic rings. The fourth-order valence-electron chi connectivity index (χ4n) is 7.25. The van der Waals surface area contributed by atoms with Crippen LogP contribution in [0.2, 0.25) is 0 Å². The van der Waals surface area contributed by atoms with Crippen molar-refractivity contribution in [2.24, 2.45) is 0 Å². The van der Waals surface area contributed by atoms with Crippen LogP contribution in [0.3, 0.4) is 0 Å². The molecule has 0 N–H and O–H groups in total. The number of rotatable bonds is 36. The van der Waals surface area contributed by atoms with E-state index < -0.39 is 0 Å². The summed E-state index contributed by atoms with van der Waals surface area (Å²) >= 11 is 0. The molecule has 0 unspecified atom stereocenters. The highest BCUT2D eigenvalue weighted by Crippen LogP contribution is 2.24. The predicted molar refractivity (Wildman–Crippen MR) is 200 cm³/mol. The molecule has 0 bridgehead atoms. The van der Waals surface area contributed by atoms with Gasteiger partial charge in [0.05, 0.1) is 0 Å². The first kappa shape index (κ1) is 41.4. The zero-order chi connectivity index (χ0) is 31.6. The molecule has 0 aromatic carbocycles. The Balaban J connectivity index is 2.23. The van der Waals surface area contributed by atoms with Crippen molar-refractivity contribution in [3.8, 4) is 0 Å². The monoisotopic (exact) mass is 617 g/mol. The first-order valence-corrected chi connectivity index (χ1v) is 21.0. The van der Waals surface area contributed by atoms with Crippen LogP contribution in [-0.4, -0.2) is 29.1 Å². The van der Waals surface area contributed by atoms with Crippen molar-refractivity contribution in [3.63, 3.8) is 0 Å². The van der Waals surface area contributed by atoms with Gasteiger partial charge in [0, 0.05) is 25.5 Å². The smallest absolute Gasteiger partial charge is 0.101 e. The molecule has 0 saturated carbocycles. The Morgan fingerprint density at radius 2 is 0.523 bits per heavy atom. The lowest BCUT2D eigenvalue weighted by Crippen LogP contribution is -2.39. The third-order valence-corrected chi connectivity index (χ3v) is 10.3. The highest BCUT2D eigenvalue weighted by molar-refractivity contribution is 4.97. The molecule has 1 rings (SSSR count). The predicted octanol–water partition coefficient (Wildman–Crippen LogP) is 14.7. The molecule has 0 amide bonds. The van der Waals surface area contributed by atoms with E-state index in [0.29, 0.717) is 6.17 Å². The number of unbranched alkanes of at least 4 members (excludes halogenated alkanes) is 30. The van der Waals surface area contributed by atoms with Crippen LogP contribution in [-0.2, 0) is 0 Å². The molecule has 0 spiro atoms. The first-order valence-electron chi connectivity index (χ1n) is 21.0. The fourth-order valence-corrected chi connectivity index (χ4v) is 7.25. The SMILES string of the molecule is CCCCCCCCCCCCCC1N(CCCCCCCCCCCCC)C=CN1CCCCCCCCCCCCC. The lowest BCUT2D eigenvalue weighted by Gasteiger charge is -2.33. The molecule has 0 atom stereocenters. The highest BCUT2D eigenvalue weighted by Gasteiger charge is 2.24. The Kier molecular flexibility index (Phi) is 31.7. The van der Waals surface area contributed by atoms with Gasteiger partial charge in [0.2, 0.25) is 0 Å². The van der Waals surface area contributed by atoms with E-state index in [1.54, 1.807) is 0 Å². The van der Waals surface area contributed by atoms with E-state index in [1.165, 1.54) is 231 Å². The summed E-state index contributed by atoms with van der Waals surface area (Å²) in [5.41, 5.74) is 0. The fraction of sp³-hybridized carbons (Fsp3) is 0.952. The molecule has 1 aliphatic heterocycles. The Morgan fingerprint density at radius 3 is 0.795 bits per heavy atom. The molecule has 262 valence electrons. The van der Waals surface area contributed by atoms with Crippen molar-refractivity contribution in [2.45, 2.75) is 245 Å². The summed E-state index contributed by atoms with van der Waals surface area (Å²) in [6.07, 6.45) is 54.4. The molecular weight excluding hydrogens is 532 g/mol. The maximum Gasteiger partial charge on any atom is 0.101 e. The van der Waals surface area contributed by atoms with E-state index in [1.807, 2.05) is 0 Å². The largest absolute Gasteiger partial charge is 0.356 e. The minimum absolute atomic E-state index is 0.639. The summed E-state index contributed by atoms with van der Waals surface area (Å²) in [6, 6.07) is 0. The van der Waals surface area contributed by atoms with E-state index in [9.17, 15) is 0 Å². The number of nitrogens with zero attached hydrogens (tertiary/aromatic N) is 2. The van der Waals surface area contributed by atoms with Crippen LogP contribution in [0.15, 0.2) is 12.4 Å². The zero-order valence-corrected chi connectivity index (χ0v) is 31.1. The quantitative estimate of drug-likeness (QED) is 0.0646. The topological polar surface area (TPSA) is 6.48 Å². The molecule has 0 fully saturated rings. The van der Waals surface area contributed by atoms with Gasteiger partial charge in [0.1, 0.15) is 6.17 Å². The molecule has 0 aromatic heterocycles. The minimum atomic E-state index is 0.639. The van der Waals surface area contributed by atoms with Crippen LogP contribution in [0.5, 0.6) is 0 Å². The van der Waals surface area contributed by atoms with Crippen molar-refractivity contribution >= 4 is 0 Å². The summed E-state index contributed by atoms with van der Waals surface area (Å²) < 4.78 is 0. The van der Waals surface area contributed by atoms with Crippen molar-refractivity contribution in [1.82, 2.24) is 9.80 Å². The Hall–Kier alpha value is -0.660. The third-order valence-electron chi connectivity index (χ3n) is 10.3. The van der Waals surface area contributed by atoms with E-state index >= 15 is 0 Å². The van der Waals surface area contributed by atoms with E-state index in [4.69, 9.17) is 0 Å². The van der Waals surface area contributed by atoms with Gasteiger partial charge in [-0.15, -0.1) is 0 Å². The van der Waals surface area contributed by atoms with Crippen LogP contribution < -0.4 is 0 Å². The molecule has 1 heterocycles. The van der Waals surface area contributed by atoms with Crippen molar-refractivity contribution in [3.05, 3.63) is 12.4 Å². The van der Waals surface area contributed by atoms with Crippen LogP contribution in [0.1, 0.15) is 239 Å². The molecule has 0 saturated heterocycles. The van der Waals surface area contributed by atoms with Crippen LogP contribution in [0.25, 0.3) is 0 Å². The van der Waals surface area contributed by atoms with Gasteiger partial charge in [-0.3, -0.25) is 0 Å². The summed E-state index contributed by atoms with van der Waals surface area (Å²) in [5, 5.41) is 0. The van der Waals surface area contributed by atoms with Gasteiger partial charge in [0.25, 0.3) is 0 Å². The maximum absolute atomic E-state index is 2.72. The number of hydrogen-bond acceptors (Lipinski definition) is 2. The Labute approximate surface area is 280 Å². The Bertz CT molecular complexity index is 536. The average molecular weight is 617 g/mol. The van der Waals surface area contributed by atoms with E-state index in [-0.39, 0.29) is 0 Å². The molecular formula is C42H84N2. The van der Waals surface area contributed by atoms with Gasteiger partial charge >= 0.3 is 0 Å². The second-order valence-electron chi connectivity index (χ2n) is 14.6. The molecule has 0 aliphatic carbocycles. The van der Waals surface area contributed by atoms with Crippen LogP contribution in [0, 0.1) is 0 Å². The van der Waals surface area contributed by atoms with Gasteiger partial charge in [0.15, 0.2) is 0 Å². The summed E-state index contributed by atoms with van der Waals surface area (Å²) in [4.78, 5) is 5.45. The Morgan fingerprint density at radius 1 is 0.295 bits per heavy atom. The van der Waals surface area contributed by atoms with Gasteiger partial charge in [-0.05, 0) is 25.7 Å². The summed E-state index contributed by atoms with van der Waals surface area (Å²) in [7, 11) is 0. The van der Waals surface area contributed by atoms with Crippen molar-refractivity contribution < 1.29 is 0 Å². The zero-order valence-electron chi connectivity index (χ0n) is 31.1. The minimum Gasteiger partial charge on any atom is -0.356 e. The summed E-state index contributed by atoms with van der Waals surface area (Å²) in [6.45, 7) is 9.49. The van der Waals surface area contributed by atoms with E-state index in [0.717, 1.165) is 0 Å². The van der Waals surface area contributed by atoms with Crippen LogP contribution in [0.4, 0.5) is 0 Å². The highest BCUT2D eigenvalue weighted by atomic mass is 15.4. The molecule has 0 radical (unpaired) electrons. The summed E-state index contributed by atoms with van der Waals surface area (Å²) in [5.74, 6) is 0. The van der Waals surface area contributed by atoms with Gasteiger partial charge in [-0.2, -0.15) is 0 Å². The molecule has 0 aromatic rings. The number of hydrogen-bond donors (Lipinski definition) is 0. The molecule has 2 heteroatoms.